The Hall–Kier alpha value is 1.60. The predicted octanol–water partition coefficient (Wildman–Crippen LogP) is 0.147. The Balaban J connectivity index is 0. The third-order valence-corrected chi connectivity index (χ3v) is 0. The quantitative estimate of drug-likeness (QED) is 0.259. The van der Waals surface area contributed by atoms with E-state index in [9.17, 15) is 0 Å². The van der Waals surface area contributed by atoms with Crippen LogP contribution in [0.4, 0.5) is 0 Å². The summed E-state index contributed by atoms with van der Waals surface area (Å²) < 4.78 is 0. The van der Waals surface area contributed by atoms with Crippen LogP contribution in [0.1, 0.15) is 0 Å². The van der Waals surface area contributed by atoms with Gasteiger partial charge in [-0.2, -0.15) is 7.85 Å². The summed E-state index contributed by atoms with van der Waals surface area (Å²) in [6, 6.07) is 1.42. The van der Waals surface area contributed by atoms with Gasteiger partial charge in [-0.05, 0) is 0 Å². The maximum atomic E-state index is 4.69. The Labute approximate surface area is 55.6 Å². The van der Waals surface area contributed by atoms with Crippen molar-refractivity contribution < 1.29 is 32.7 Å². The van der Waals surface area contributed by atoms with Gasteiger partial charge in [-0.15, -0.1) is 0 Å². The molecule has 1 atom stereocenters. The largest absolute Gasteiger partial charge is 3.00 e. The maximum absolute atomic E-state index is 4.69. The first-order chi connectivity index (χ1) is 1.41. The molecule has 0 aromatic carbocycles. The van der Waals surface area contributed by atoms with Crippen molar-refractivity contribution >= 4 is 17.1 Å². The molecule has 2 radical (unpaired) electrons. The predicted molar refractivity (Wildman–Crippen MR) is 19.8 cm³/mol. The second-order valence-corrected chi connectivity index (χ2v) is 0.577. The second-order valence-electron chi connectivity index (χ2n) is 0.192. The van der Waals surface area contributed by atoms with Gasteiger partial charge in [-0.1, -0.05) is 0 Å². The van der Waals surface area contributed by atoms with E-state index in [1.165, 1.54) is 6.06 Å². The van der Waals surface area contributed by atoms with Gasteiger partial charge in [0.2, 0.25) is 0 Å². The molecule has 0 aromatic heterocycles. The van der Waals surface area contributed by atoms with Crippen LogP contribution in [-0.4, -0.2) is 7.85 Å². The summed E-state index contributed by atoms with van der Waals surface area (Å²) in [7, 11) is 6.92. The van der Waals surface area contributed by atoms with Gasteiger partial charge in [0.1, 0.15) is 0 Å². The number of hydrogen-bond donors (Lipinski definition) is 0. The fourth-order valence-electron chi connectivity index (χ4n) is 0. The van der Waals surface area contributed by atoms with E-state index in [2.05, 4.69) is 17.1 Å². The molecule has 0 N–H and O–H groups in total. The summed E-state index contributed by atoms with van der Waals surface area (Å²) in [6.07, 6.45) is 0. The van der Waals surface area contributed by atoms with E-state index in [1.807, 2.05) is 0 Å². The van der Waals surface area contributed by atoms with Gasteiger partial charge in [0.15, 0.2) is 0 Å². The molecule has 0 amide bonds. The first-order valence-corrected chi connectivity index (χ1v) is 1.33. The monoisotopic (exact) mass is 146 g/mol. The standard InChI is InChI=1S/CH3BP.Y/c2-1-3;/h1H,3H2;/q-1;+3. The van der Waals surface area contributed by atoms with Crippen LogP contribution in [0.5, 0.6) is 0 Å². The first kappa shape index (κ1) is 9.14. The van der Waals surface area contributed by atoms with Crippen LogP contribution >= 0.6 is 9.24 Å². The average molecular weight is 146 g/mol. The minimum absolute atomic E-state index is 0. The SMILES string of the molecule is [B][CH-]P.[Y+3]. The van der Waals surface area contributed by atoms with Crippen molar-refractivity contribution in [2.45, 2.75) is 0 Å². The van der Waals surface area contributed by atoms with Gasteiger partial charge in [-0.3, -0.25) is 0 Å². The van der Waals surface area contributed by atoms with Gasteiger partial charge in [0.05, 0.1) is 0 Å². The summed E-state index contributed by atoms with van der Waals surface area (Å²) >= 11 is 0. The molecule has 0 fully saturated rings. The van der Waals surface area contributed by atoms with Crippen LogP contribution in [0, 0.1) is 6.06 Å². The van der Waals surface area contributed by atoms with Crippen LogP contribution in [0.3, 0.4) is 0 Å². The van der Waals surface area contributed by atoms with E-state index < -0.39 is 0 Å². The van der Waals surface area contributed by atoms with E-state index in [1.54, 1.807) is 0 Å². The smallest absolute Gasteiger partial charge is 0.347 e. The molecule has 0 nitrogen and oxygen atoms in total. The van der Waals surface area contributed by atoms with Gasteiger partial charge in [0, 0.05) is 0 Å². The van der Waals surface area contributed by atoms with Crippen LogP contribution < -0.4 is 0 Å². The Morgan fingerprint density at radius 3 is 1.75 bits per heavy atom. The molecule has 0 spiro atoms. The fraction of sp³-hybridized carbons (Fsp3) is 0. The van der Waals surface area contributed by atoms with E-state index in [0.717, 1.165) is 0 Å². The molecule has 0 saturated carbocycles. The maximum Gasteiger partial charge on any atom is 3.00 e. The first-order valence-electron chi connectivity index (χ1n) is 0.667. The molecular weight excluding hydrogens is 143 g/mol. The molecule has 0 bridgehead atoms. The van der Waals surface area contributed by atoms with Crippen molar-refractivity contribution in [3.05, 3.63) is 6.06 Å². The number of hydrogen-bond acceptors (Lipinski definition) is 0. The van der Waals surface area contributed by atoms with E-state index >= 15 is 0 Å². The Bertz CT molecular complexity index is 8.00. The molecule has 0 saturated heterocycles. The fourth-order valence-corrected chi connectivity index (χ4v) is 0. The molecule has 0 aromatic rings. The van der Waals surface area contributed by atoms with Gasteiger partial charge < -0.3 is 15.3 Å². The van der Waals surface area contributed by atoms with Gasteiger partial charge in [0.25, 0.3) is 0 Å². The average Bonchev–Trinajstić information content (AvgIpc) is 0.918. The van der Waals surface area contributed by atoms with E-state index in [4.69, 9.17) is 0 Å². The summed E-state index contributed by atoms with van der Waals surface area (Å²) in [5.41, 5.74) is 0. The van der Waals surface area contributed by atoms with Crippen LogP contribution in [-0.2, 0) is 32.7 Å². The molecule has 0 aliphatic heterocycles. The normalized spacial score (nSPS) is 4.25. The third kappa shape index (κ3) is 9.51. The third-order valence-electron chi connectivity index (χ3n) is 0. The van der Waals surface area contributed by atoms with Crippen molar-refractivity contribution in [1.29, 1.82) is 0 Å². The molecule has 3 heteroatoms. The molecule has 0 aliphatic rings. The summed E-state index contributed by atoms with van der Waals surface area (Å²) in [5.74, 6) is 0. The molecule has 0 aliphatic carbocycles. The van der Waals surface area contributed by atoms with Gasteiger partial charge in [-0.25, -0.2) is 0 Å². The summed E-state index contributed by atoms with van der Waals surface area (Å²) in [5, 5.41) is 0. The Kier molecular flexibility index (Phi) is 20.2. The zero-order valence-corrected chi connectivity index (χ0v) is 6.30. The van der Waals surface area contributed by atoms with Crippen molar-refractivity contribution in [2.75, 3.05) is 0 Å². The second kappa shape index (κ2) is 8.82. The molecule has 16 valence electrons. The topological polar surface area (TPSA) is 0 Å². The molecule has 0 rings (SSSR count). The minimum Gasteiger partial charge on any atom is -0.347 e. The van der Waals surface area contributed by atoms with Crippen LogP contribution in [0.2, 0.25) is 0 Å². The zero-order valence-electron chi connectivity index (χ0n) is 2.31. The summed E-state index contributed by atoms with van der Waals surface area (Å²) in [4.78, 5) is 0. The van der Waals surface area contributed by atoms with Crippen molar-refractivity contribution in [3.8, 4) is 0 Å². The Morgan fingerprint density at radius 2 is 1.75 bits per heavy atom. The summed E-state index contributed by atoms with van der Waals surface area (Å²) in [6.45, 7) is 0. The van der Waals surface area contributed by atoms with E-state index in [-0.39, 0.29) is 32.7 Å². The van der Waals surface area contributed by atoms with E-state index in [0.29, 0.717) is 0 Å². The van der Waals surface area contributed by atoms with Crippen molar-refractivity contribution in [3.63, 3.8) is 0 Å². The number of rotatable bonds is 0. The molecule has 1 unspecified atom stereocenters. The van der Waals surface area contributed by atoms with Gasteiger partial charge >= 0.3 is 32.7 Å². The van der Waals surface area contributed by atoms with Crippen molar-refractivity contribution in [2.24, 2.45) is 0 Å². The minimum atomic E-state index is 0. The van der Waals surface area contributed by atoms with Crippen LogP contribution in [0.25, 0.3) is 0 Å². The molecular formula is CH3BPY+2. The molecule has 4 heavy (non-hydrogen) atoms. The molecule has 0 heterocycles. The van der Waals surface area contributed by atoms with Crippen molar-refractivity contribution in [1.82, 2.24) is 0 Å². The zero-order chi connectivity index (χ0) is 2.71. The Morgan fingerprint density at radius 1 is 1.75 bits per heavy atom. The van der Waals surface area contributed by atoms with Crippen LogP contribution in [0.15, 0.2) is 0 Å².